The second-order valence-corrected chi connectivity index (χ2v) is 2.64. The van der Waals surface area contributed by atoms with Crippen molar-refractivity contribution in [3.8, 4) is 0 Å². The van der Waals surface area contributed by atoms with E-state index < -0.39 is 11.5 Å². The van der Waals surface area contributed by atoms with Crippen LogP contribution in [0.3, 0.4) is 0 Å². The molecular weight excluding hydrogens is 140 g/mol. The van der Waals surface area contributed by atoms with E-state index in [0.717, 1.165) is 0 Å². The largest absolute Gasteiger partial charge is 0.394 e. The Kier molecular flexibility index (Phi) is 2.35. The summed E-state index contributed by atoms with van der Waals surface area (Å²) >= 11 is 3.92. The van der Waals surface area contributed by atoms with Crippen molar-refractivity contribution in [1.82, 2.24) is 0 Å². The van der Waals surface area contributed by atoms with E-state index in [1.807, 2.05) is 0 Å². The molecule has 3 nitrogen and oxygen atoms in total. The van der Waals surface area contributed by atoms with Gasteiger partial charge in [-0.3, -0.25) is 0 Å². The van der Waals surface area contributed by atoms with Crippen LogP contribution < -0.4 is 0 Å². The molecule has 0 spiro atoms. The Morgan fingerprint density at radius 2 is 2.33 bits per heavy atom. The highest BCUT2D eigenvalue weighted by atomic mass is 32.1. The molecule has 1 heterocycles. The van der Waals surface area contributed by atoms with Gasteiger partial charge in [0.05, 0.1) is 18.8 Å². The SMILES string of the molecule is OCC1CC(O)C(S)O1. The molecule has 1 rings (SSSR count). The zero-order chi connectivity index (χ0) is 6.85. The van der Waals surface area contributed by atoms with E-state index in [1.54, 1.807) is 0 Å². The van der Waals surface area contributed by atoms with Gasteiger partial charge in [0.2, 0.25) is 0 Å². The first kappa shape index (κ1) is 7.34. The van der Waals surface area contributed by atoms with Crippen LogP contribution in [0.25, 0.3) is 0 Å². The van der Waals surface area contributed by atoms with Gasteiger partial charge in [0.1, 0.15) is 5.44 Å². The standard InChI is InChI=1S/C5H10O3S/c6-2-3-1-4(7)5(9)8-3/h3-7,9H,1-2H2. The molecule has 0 bridgehead atoms. The molecule has 1 saturated heterocycles. The molecule has 1 fully saturated rings. The number of hydrogen-bond donors (Lipinski definition) is 3. The van der Waals surface area contributed by atoms with E-state index in [1.165, 1.54) is 0 Å². The molecule has 1 aliphatic rings. The van der Waals surface area contributed by atoms with Gasteiger partial charge in [-0.25, -0.2) is 0 Å². The van der Waals surface area contributed by atoms with Crippen molar-refractivity contribution < 1.29 is 14.9 Å². The van der Waals surface area contributed by atoms with Crippen molar-refractivity contribution in [2.24, 2.45) is 0 Å². The molecule has 3 atom stereocenters. The highest BCUT2D eigenvalue weighted by molar-refractivity contribution is 7.80. The summed E-state index contributed by atoms with van der Waals surface area (Å²) in [5.41, 5.74) is -0.415. The van der Waals surface area contributed by atoms with E-state index in [2.05, 4.69) is 12.6 Å². The van der Waals surface area contributed by atoms with Gasteiger partial charge in [0.15, 0.2) is 0 Å². The number of thiol groups is 1. The third kappa shape index (κ3) is 1.58. The van der Waals surface area contributed by atoms with Gasteiger partial charge < -0.3 is 14.9 Å². The molecule has 0 aromatic carbocycles. The van der Waals surface area contributed by atoms with Crippen LogP contribution in [0.1, 0.15) is 6.42 Å². The minimum atomic E-state index is -0.523. The van der Waals surface area contributed by atoms with Crippen molar-refractivity contribution >= 4 is 12.6 Å². The Bertz CT molecular complexity index is 88.2. The zero-order valence-corrected chi connectivity index (χ0v) is 5.79. The predicted octanol–water partition coefficient (Wildman–Crippen LogP) is -0.616. The molecule has 4 heteroatoms. The fourth-order valence-corrected chi connectivity index (χ4v) is 1.14. The first-order chi connectivity index (χ1) is 4.24. The highest BCUT2D eigenvalue weighted by Crippen LogP contribution is 2.21. The van der Waals surface area contributed by atoms with Crippen molar-refractivity contribution in [2.75, 3.05) is 6.61 Å². The molecule has 54 valence electrons. The lowest BCUT2D eigenvalue weighted by atomic mass is 10.2. The van der Waals surface area contributed by atoms with Crippen LogP contribution in [0.2, 0.25) is 0 Å². The van der Waals surface area contributed by atoms with E-state index in [4.69, 9.17) is 14.9 Å². The van der Waals surface area contributed by atoms with Crippen molar-refractivity contribution in [3.05, 3.63) is 0 Å². The minimum Gasteiger partial charge on any atom is -0.394 e. The van der Waals surface area contributed by atoms with Gasteiger partial charge >= 0.3 is 0 Å². The molecule has 0 aliphatic carbocycles. The Morgan fingerprint density at radius 1 is 1.67 bits per heavy atom. The second kappa shape index (κ2) is 2.88. The molecular formula is C5H10O3S. The molecule has 0 aromatic rings. The molecule has 0 saturated carbocycles. The fourth-order valence-electron chi connectivity index (χ4n) is 0.847. The maximum absolute atomic E-state index is 8.99. The maximum Gasteiger partial charge on any atom is 0.126 e. The molecule has 3 unspecified atom stereocenters. The highest BCUT2D eigenvalue weighted by Gasteiger charge is 2.30. The summed E-state index contributed by atoms with van der Waals surface area (Å²) in [7, 11) is 0. The third-order valence-electron chi connectivity index (χ3n) is 1.37. The van der Waals surface area contributed by atoms with Gasteiger partial charge in [-0.1, -0.05) is 0 Å². The lowest BCUT2D eigenvalue weighted by molar-refractivity contribution is 0.0356. The molecule has 0 aromatic heterocycles. The number of hydrogen-bond acceptors (Lipinski definition) is 4. The van der Waals surface area contributed by atoms with Gasteiger partial charge in [0, 0.05) is 6.42 Å². The summed E-state index contributed by atoms with van der Waals surface area (Å²) in [6.45, 7) is -0.0336. The summed E-state index contributed by atoms with van der Waals surface area (Å²) in [6.07, 6.45) is -0.252. The third-order valence-corrected chi connectivity index (χ3v) is 1.83. The average Bonchev–Trinajstić information content (AvgIpc) is 2.13. The normalized spacial score (nSPS) is 43.7. The molecule has 9 heavy (non-hydrogen) atoms. The van der Waals surface area contributed by atoms with Gasteiger partial charge in [-0.2, -0.15) is 0 Å². The first-order valence-corrected chi connectivity index (χ1v) is 3.38. The summed E-state index contributed by atoms with van der Waals surface area (Å²) in [5, 5.41) is 17.5. The van der Waals surface area contributed by atoms with Crippen molar-refractivity contribution in [3.63, 3.8) is 0 Å². The van der Waals surface area contributed by atoms with Gasteiger partial charge in [0.25, 0.3) is 0 Å². The fraction of sp³-hybridized carbons (Fsp3) is 1.00. The zero-order valence-electron chi connectivity index (χ0n) is 4.90. The average molecular weight is 150 g/mol. The van der Waals surface area contributed by atoms with Crippen LogP contribution in [0.15, 0.2) is 0 Å². The summed E-state index contributed by atoms with van der Waals surface area (Å²) in [6, 6.07) is 0. The molecule has 1 aliphatic heterocycles. The Morgan fingerprint density at radius 3 is 2.56 bits per heavy atom. The van der Waals surface area contributed by atoms with Crippen LogP contribution in [0.4, 0.5) is 0 Å². The number of ether oxygens (including phenoxy) is 1. The first-order valence-electron chi connectivity index (χ1n) is 2.86. The Balaban J connectivity index is 2.35. The molecule has 0 radical (unpaired) electrons. The summed E-state index contributed by atoms with van der Waals surface area (Å²) < 4.78 is 4.99. The Labute approximate surface area is 59.1 Å². The summed E-state index contributed by atoms with van der Waals surface area (Å²) in [4.78, 5) is 0. The lowest BCUT2D eigenvalue weighted by Gasteiger charge is -2.05. The predicted molar refractivity (Wildman–Crippen MR) is 35.4 cm³/mol. The second-order valence-electron chi connectivity index (χ2n) is 2.13. The molecule has 2 N–H and O–H groups in total. The van der Waals surface area contributed by atoms with Gasteiger partial charge in [-0.15, -0.1) is 12.6 Å². The maximum atomic E-state index is 8.99. The van der Waals surface area contributed by atoms with Crippen LogP contribution in [-0.2, 0) is 4.74 Å². The van der Waals surface area contributed by atoms with Crippen LogP contribution in [0, 0.1) is 0 Å². The van der Waals surface area contributed by atoms with Crippen molar-refractivity contribution in [1.29, 1.82) is 0 Å². The summed E-state index contributed by atoms with van der Waals surface area (Å²) in [5.74, 6) is 0. The Hall–Kier alpha value is 0.230. The van der Waals surface area contributed by atoms with Crippen molar-refractivity contribution in [2.45, 2.75) is 24.1 Å². The monoisotopic (exact) mass is 150 g/mol. The number of rotatable bonds is 1. The lowest BCUT2D eigenvalue weighted by Crippen LogP contribution is -2.12. The van der Waals surface area contributed by atoms with E-state index in [-0.39, 0.29) is 12.7 Å². The van der Waals surface area contributed by atoms with E-state index >= 15 is 0 Å². The molecule has 0 amide bonds. The topological polar surface area (TPSA) is 49.7 Å². The van der Waals surface area contributed by atoms with Crippen LogP contribution in [0.5, 0.6) is 0 Å². The number of aliphatic hydroxyl groups is 2. The number of aliphatic hydroxyl groups excluding tert-OH is 2. The smallest absolute Gasteiger partial charge is 0.126 e. The van der Waals surface area contributed by atoms with Crippen LogP contribution in [-0.4, -0.2) is 34.5 Å². The van der Waals surface area contributed by atoms with E-state index in [0.29, 0.717) is 6.42 Å². The van der Waals surface area contributed by atoms with Crippen LogP contribution >= 0.6 is 12.6 Å². The van der Waals surface area contributed by atoms with Gasteiger partial charge in [-0.05, 0) is 0 Å². The van der Waals surface area contributed by atoms with E-state index in [9.17, 15) is 0 Å². The quantitative estimate of drug-likeness (QED) is 0.437. The minimum absolute atomic E-state index is 0.0336.